The van der Waals surface area contributed by atoms with Gasteiger partial charge in [-0.1, -0.05) is 6.92 Å². The van der Waals surface area contributed by atoms with Crippen LogP contribution >= 0.6 is 11.3 Å². The number of nitrogens with two attached hydrogens (primary N) is 1. The van der Waals surface area contributed by atoms with Gasteiger partial charge >= 0.3 is 0 Å². The summed E-state index contributed by atoms with van der Waals surface area (Å²) in [5.41, 5.74) is 6.48. The van der Waals surface area contributed by atoms with Gasteiger partial charge in [0.1, 0.15) is 0 Å². The van der Waals surface area contributed by atoms with E-state index in [2.05, 4.69) is 18.3 Å². The largest absolute Gasteiger partial charge is 0.350 e. The number of carbonyl (C=O) groups is 1. The van der Waals surface area contributed by atoms with Gasteiger partial charge in [0.05, 0.1) is 13.1 Å². The molecule has 3 nitrogen and oxygen atoms in total. The zero-order chi connectivity index (χ0) is 9.68. The predicted octanol–water partition coefficient (Wildman–Crippen LogP) is 0.885. The smallest absolute Gasteiger partial charge is 0.234 e. The van der Waals surface area contributed by atoms with E-state index in [-0.39, 0.29) is 12.5 Å². The van der Waals surface area contributed by atoms with Gasteiger partial charge < -0.3 is 11.1 Å². The van der Waals surface area contributed by atoms with Crippen molar-refractivity contribution in [3.05, 3.63) is 21.9 Å². The second-order valence-corrected chi connectivity index (χ2v) is 3.70. The summed E-state index contributed by atoms with van der Waals surface area (Å²) in [6.45, 7) is 2.78. The highest BCUT2D eigenvalue weighted by Crippen LogP contribution is 2.16. The van der Waals surface area contributed by atoms with Gasteiger partial charge in [-0.2, -0.15) is 0 Å². The molecule has 1 aromatic rings. The predicted molar refractivity (Wildman–Crippen MR) is 54.6 cm³/mol. The highest BCUT2D eigenvalue weighted by atomic mass is 32.1. The molecule has 0 aliphatic heterocycles. The minimum absolute atomic E-state index is 0.0623. The van der Waals surface area contributed by atoms with Crippen LogP contribution in [-0.2, 0) is 17.8 Å². The summed E-state index contributed by atoms with van der Waals surface area (Å²) in [6, 6.07) is 2.09. The number of hydrogen-bond acceptors (Lipinski definition) is 3. The summed E-state index contributed by atoms with van der Waals surface area (Å²) in [5.74, 6) is -0.101. The molecule has 1 heterocycles. The molecule has 0 aromatic carbocycles. The van der Waals surface area contributed by atoms with Gasteiger partial charge in [-0.3, -0.25) is 4.79 Å². The van der Waals surface area contributed by atoms with Gasteiger partial charge in [0.25, 0.3) is 0 Å². The molecule has 1 amide bonds. The Kier molecular flexibility index (Phi) is 3.92. The number of carbonyl (C=O) groups excluding carboxylic acids is 1. The lowest BCUT2D eigenvalue weighted by molar-refractivity contribution is -0.119. The first-order valence-corrected chi connectivity index (χ1v) is 5.18. The topological polar surface area (TPSA) is 55.1 Å². The molecule has 13 heavy (non-hydrogen) atoms. The number of amides is 1. The summed E-state index contributed by atoms with van der Waals surface area (Å²) in [6.07, 6.45) is 1.01. The molecule has 0 atom stereocenters. The maximum absolute atomic E-state index is 10.9. The van der Waals surface area contributed by atoms with Crippen molar-refractivity contribution in [2.75, 3.05) is 6.54 Å². The molecule has 0 saturated carbocycles. The third kappa shape index (κ3) is 2.82. The maximum atomic E-state index is 10.9. The first-order chi connectivity index (χ1) is 6.27. The first-order valence-electron chi connectivity index (χ1n) is 4.30. The zero-order valence-electron chi connectivity index (χ0n) is 7.67. The molecule has 1 rings (SSSR count). The van der Waals surface area contributed by atoms with Crippen molar-refractivity contribution in [2.45, 2.75) is 19.9 Å². The fourth-order valence-electron chi connectivity index (χ4n) is 1.09. The molecule has 1 aromatic heterocycles. The van der Waals surface area contributed by atoms with E-state index in [0.717, 1.165) is 6.42 Å². The molecule has 0 aliphatic carbocycles. The lowest BCUT2D eigenvalue weighted by atomic mass is 10.2. The number of nitrogens with one attached hydrogen (secondary N) is 1. The van der Waals surface area contributed by atoms with Crippen molar-refractivity contribution in [1.29, 1.82) is 0 Å². The van der Waals surface area contributed by atoms with Crippen LogP contribution in [-0.4, -0.2) is 12.5 Å². The lowest BCUT2D eigenvalue weighted by Crippen LogP contribution is -2.29. The SMILES string of the molecule is CCc1ccsc1CNC(=O)CN. The lowest BCUT2D eigenvalue weighted by Gasteiger charge is -2.02. The summed E-state index contributed by atoms with van der Waals surface area (Å²) in [4.78, 5) is 12.1. The Morgan fingerprint density at radius 3 is 3.08 bits per heavy atom. The van der Waals surface area contributed by atoms with Crippen LogP contribution in [0.5, 0.6) is 0 Å². The average molecular weight is 198 g/mol. The van der Waals surface area contributed by atoms with Crippen LogP contribution in [0.2, 0.25) is 0 Å². The zero-order valence-corrected chi connectivity index (χ0v) is 8.49. The molecule has 0 aliphatic rings. The Morgan fingerprint density at radius 2 is 2.46 bits per heavy atom. The quantitative estimate of drug-likeness (QED) is 0.754. The van der Waals surface area contributed by atoms with Crippen molar-refractivity contribution in [3.8, 4) is 0 Å². The summed E-state index contributed by atoms with van der Waals surface area (Å²) < 4.78 is 0. The monoisotopic (exact) mass is 198 g/mol. The van der Waals surface area contributed by atoms with Crippen molar-refractivity contribution in [3.63, 3.8) is 0 Å². The van der Waals surface area contributed by atoms with E-state index < -0.39 is 0 Å². The fourth-order valence-corrected chi connectivity index (χ4v) is 2.00. The highest BCUT2D eigenvalue weighted by molar-refractivity contribution is 7.10. The number of aryl methyl sites for hydroxylation is 1. The van der Waals surface area contributed by atoms with Gasteiger partial charge in [-0.15, -0.1) is 11.3 Å². The van der Waals surface area contributed by atoms with Crippen molar-refractivity contribution in [2.24, 2.45) is 5.73 Å². The Labute approximate surface area is 81.9 Å². The third-order valence-electron chi connectivity index (χ3n) is 1.85. The van der Waals surface area contributed by atoms with Gasteiger partial charge in [0.2, 0.25) is 5.91 Å². The van der Waals surface area contributed by atoms with Crippen LogP contribution in [0.15, 0.2) is 11.4 Å². The standard InChI is InChI=1S/C9H14N2OS/c1-2-7-3-4-13-8(7)6-11-9(12)5-10/h3-4H,2,5-6,10H2,1H3,(H,11,12). The van der Waals surface area contributed by atoms with E-state index in [4.69, 9.17) is 5.73 Å². The molecule has 0 fully saturated rings. The number of hydrogen-bond donors (Lipinski definition) is 2. The number of rotatable bonds is 4. The molecule has 72 valence electrons. The molecule has 0 radical (unpaired) electrons. The van der Waals surface area contributed by atoms with E-state index in [1.807, 2.05) is 5.38 Å². The van der Waals surface area contributed by atoms with Crippen LogP contribution in [0.25, 0.3) is 0 Å². The van der Waals surface area contributed by atoms with Gasteiger partial charge in [0.15, 0.2) is 0 Å². The Bertz CT molecular complexity index is 283. The third-order valence-corrected chi connectivity index (χ3v) is 2.81. The number of thiophene rings is 1. The fraction of sp³-hybridized carbons (Fsp3) is 0.444. The molecular weight excluding hydrogens is 184 g/mol. The minimum Gasteiger partial charge on any atom is -0.350 e. The highest BCUT2D eigenvalue weighted by Gasteiger charge is 2.03. The molecule has 0 bridgehead atoms. The molecule has 4 heteroatoms. The Hall–Kier alpha value is -0.870. The van der Waals surface area contributed by atoms with E-state index >= 15 is 0 Å². The normalized spacial score (nSPS) is 10.0. The molecular formula is C9H14N2OS. The second-order valence-electron chi connectivity index (χ2n) is 2.70. The van der Waals surface area contributed by atoms with Crippen LogP contribution in [0, 0.1) is 0 Å². The maximum Gasteiger partial charge on any atom is 0.234 e. The van der Waals surface area contributed by atoms with Gasteiger partial charge in [0, 0.05) is 4.88 Å². The van der Waals surface area contributed by atoms with E-state index in [9.17, 15) is 4.79 Å². The van der Waals surface area contributed by atoms with Crippen molar-refractivity contribution < 1.29 is 4.79 Å². The summed E-state index contributed by atoms with van der Waals surface area (Å²) >= 11 is 1.67. The van der Waals surface area contributed by atoms with Gasteiger partial charge in [-0.05, 0) is 23.4 Å². The summed E-state index contributed by atoms with van der Waals surface area (Å²) in [7, 11) is 0. The van der Waals surface area contributed by atoms with Crippen molar-refractivity contribution in [1.82, 2.24) is 5.32 Å². The first kappa shape index (κ1) is 10.2. The van der Waals surface area contributed by atoms with E-state index in [1.54, 1.807) is 11.3 Å². The molecule has 0 spiro atoms. The van der Waals surface area contributed by atoms with Crippen LogP contribution in [0.4, 0.5) is 0 Å². The van der Waals surface area contributed by atoms with E-state index in [1.165, 1.54) is 10.4 Å². The van der Waals surface area contributed by atoms with E-state index in [0.29, 0.717) is 6.54 Å². The van der Waals surface area contributed by atoms with Crippen molar-refractivity contribution >= 4 is 17.2 Å². The van der Waals surface area contributed by atoms with Crippen LogP contribution in [0.1, 0.15) is 17.4 Å². The Balaban J connectivity index is 2.49. The molecule has 0 unspecified atom stereocenters. The van der Waals surface area contributed by atoms with Crippen LogP contribution < -0.4 is 11.1 Å². The summed E-state index contributed by atoms with van der Waals surface area (Å²) in [5, 5.41) is 4.80. The van der Waals surface area contributed by atoms with Gasteiger partial charge in [-0.25, -0.2) is 0 Å². The molecule has 3 N–H and O–H groups in total. The second kappa shape index (κ2) is 4.99. The minimum atomic E-state index is -0.101. The molecule has 0 saturated heterocycles. The Morgan fingerprint density at radius 1 is 1.69 bits per heavy atom. The van der Waals surface area contributed by atoms with Crippen LogP contribution in [0.3, 0.4) is 0 Å². The average Bonchev–Trinajstić information content (AvgIpc) is 2.61.